The van der Waals surface area contributed by atoms with Crippen LogP contribution in [0.5, 0.6) is 0 Å². The molecule has 1 atom stereocenters. The second kappa shape index (κ2) is 5.50. The Morgan fingerprint density at radius 2 is 2.00 bits per heavy atom. The molecule has 0 aromatic carbocycles. The zero-order valence-electron chi connectivity index (χ0n) is 9.15. The third kappa shape index (κ3) is 2.86. The van der Waals surface area contributed by atoms with E-state index in [0.717, 1.165) is 25.7 Å². The molecular formula is C10H18ClN3O2. The minimum Gasteiger partial charge on any atom is -0.352 e. The molecule has 5 nitrogen and oxygen atoms in total. The Hall–Kier alpha value is -0.810. The summed E-state index contributed by atoms with van der Waals surface area (Å²) in [5.41, 5.74) is 5.30. The van der Waals surface area contributed by atoms with E-state index in [4.69, 9.17) is 5.73 Å². The average molecular weight is 248 g/mol. The van der Waals surface area contributed by atoms with Crippen LogP contribution in [-0.4, -0.2) is 41.9 Å². The summed E-state index contributed by atoms with van der Waals surface area (Å²) < 4.78 is 0. The number of nitrogens with zero attached hydrogens (tertiary/aromatic N) is 1. The van der Waals surface area contributed by atoms with Gasteiger partial charge in [-0.05, 0) is 25.7 Å². The van der Waals surface area contributed by atoms with Crippen molar-refractivity contribution in [3.05, 3.63) is 0 Å². The molecule has 0 spiro atoms. The summed E-state index contributed by atoms with van der Waals surface area (Å²) in [7, 11) is 0. The van der Waals surface area contributed by atoms with Crippen LogP contribution in [0.3, 0.4) is 0 Å². The van der Waals surface area contributed by atoms with Gasteiger partial charge in [-0.2, -0.15) is 0 Å². The van der Waals surface area contributed by atoms with Crippen LogP contribution in [0, 0.1) is 0 Å². The molecule has 16 heavy (non-hydrogen) atoms. The van der Waals surface area contributed by atoms with Gasteiger partial charge in [-0.15, -0.1) is 12.4 Å². The summed E-state index contributed by atoms with van der Waals surface area (Å²) in [6.45, 7) is 0.659. The van der Waals surface area contributed by atoms with Crippen molar-refractivity contribution >= 4 is 24.2 Å². The monoisotopic (exact) mass is 247 g/mol. The molecule has 2 rings (SSSR count). The first-order valence-corrected chi connectivity index (χ1v) is 5.52. The van der Waals surface area contributed by atoms with Crippen molar-refractivity contribution in [2.45, 2.75) is 37.8 Å². The number of amides is 2. The lowest BCUT2D eigenvalue weighted by Crippen LogP contribution is -2.48. The maximum absolute atomic E-state index is 11.8. The van der Waals surface area contributed by atoms with Crippen LogP contribution < -0.4 is 11.1 Å². The molecule has 2 aliphatic rings. The largest absolute Gasteiger partial charge is 0.352 e. The van der Waals surface area contributed by atoms with Crippen molar-refractivity contribution in [3.63, 3.8) is 0 Å². The van der Waals surface area contributed by atoms with Crippen molar-refractivity contribution in [3.8, 4) is 0 Å². The Labute approximate surface area is 101 Å². The standard InChI is InChI=1S/C10H17N3O2.ClH/c11-6-9(14)13-5-1-2-8(13)10(15)12-7-3-4-7;/h7-8H,1-6,11H2,(H,12,15);1H. The molecule has 0 aromatic rings. The number of rotatable bonds is 3. The fraction of sp³-hybridized carbons (Fsp3) is 0.800. The molecule has 1 saturated heterocycles. The molecule has 2 fully saturated rings. The van der Waals surface area contributed by atoms with Gasteiger partial charge in [0.15, 0.2) is 0 Å². The number of carbonyl (C=O) groups is 2. The Morgan fingerprint density at radius 1 is 1.31 bits per heavy atom. The quantitative estimate of drug-likeness (QED) is 0.715. The van der Waals surface area contributed by atoms with Crippen molar-refractivity contribution < 1.29 is 9.59 Å². The number of halogens is 1. The maximum Gasteiger partial charge on any atom is 0.243 e. The summed E-state index contributed by atoms with van der Waals surface area (Å²) in [6, 6.07) is 0.0783. The van der Waals surface area contributed by atoms with Crippen LogP contribution in [0.2, 0.25) is 0 Å². The highest BCUT2D eigenvalue weighted by atomic mass is 35.5. The maximum atomic E-state index is 11.8. The number of hydrogen-bond donors (Lipinski definition) is 2. The molecule has 1 unspecified atom stereocenters. The van der Waals surface area contributed by atoms with E-state index in [1.807, 2.05) is 0 Å². The van der Waals surface area contributed by atoms with Gasteiger partial charge in [-0.1, -0.05) is 0 Å². The number of likely N-dealkylation sites (tertiary alicyclic amines) is 1. The third-order valence-electron chi connectivity index (χ3n) is 2.97. The number of nitrogens with two attached hydrogens (primary N) is 1. The molecule has 3 N–H and O–H groups in total. The Morgan fingerprint density at radius 3 is 2.56 bits per heavy atom. The van der Waals surface area contributed by atoms with Crippen LogP contribution in [0.4, 0.5) is 0 Å². The Balaban J connectivity index is 0.00000128. The second-order valence-corrected chi connectivity index (χ2v) is 4.23. The summed E-state index contributed by atoms with van der Waals surface area (Å²) in [4.78, 5) is 24.8. The van der Waals surface area contributed by atoms with E-state index in [2.05, 4.69) is 5.32 Å². The van der Waals surface area contributed by atoms with Gasteiger partial charge >= 0.3 is 0 Å². The van der Waals surface area contributed by atoms with Gasteiger partial charge < -0.3 is 16.0 Å². The van der Waals surface area contributed by atoms with E-state index >= 15 is 0 Å². The second-order valence-electron chi connectivity index (χ2n) is 4.23. The fourth-order valence-electron chi connectivity index (χ4n) is 1.98. The van der Waals surface area contributed by atoms with E-state index in [-0.39, 0.29) is 36.8 Å². The van der Waals surface area contributed by atoms with E-state index in [0.29, 0.717) is 12.6 Å². The highest BCUT2D eigenvalue weighted by Crippen LogP contribution is 2.22. The SMILES string of the molecule is Cl.NCC(=O)N1CCCC1C(=O)NC1CC1. The molecular weight excluding hydrogens is 230 g/mol. The van der Waals surface area contributed by atoms with Crippen molar-refractivity contribution in [2.24, 2.45) is 5.73 Å². The lowest BCUT2D eigenvalue weighted by molar-refractivity contribution is -0.137. The Kier molecular flexibility index (Phi) is 4.56. The molecule has 0 radical (unpaired) electrons. The molecule has 2 amide bonds. The normalized spacial score (nSPS) is 23.8. The number of hydrogen-bond acceptors (Lipinski definition) is 3. The zero-order valence-corrected chi connectivity index (χ0v) is 9.96. The van der Waals surface area contributed by atoms with Gasteiger partial charge in [0.25, 0.3) is 0 Å². The molecule has 1 heterocycles. The summed E-state index contributed by atoms with van der Waals surface area (Å²) in [5.74, 6) is -0.125. The van der Waals surface area contributed by atoms with Crippen LogP contribution in [0.25, 0.3) is 0 Å². The number of nitrogens with one attached hydrogen (secondary N) is 1. The first-order valence-electron chi connectivity index (χ1n) is 5.52. The van der Waals surface area contributed by atoms with Crippen LogP contribution in [-0.2, 0) is 9.59 Å². The first-order chi connectivity index (χ1) is 7.22. The predicted octanol–water partition coefficient (Wildman–Crippen LogP) is -0.364. The van der Waals surface area contributed by atoms with Gasteiger partial charge in [-0.25, -0.2) is 0 Å². The first kappa shape index (κ1) is 13.3. The molecule has 1 aliphatic carbocycles. The lowest BCUT2D eigenvalue weighted by atomic mass is 10.2. The summed E-state index contributed by atoms with van der Waals surface area (Å²) in [5, 5.41) is 2.93. The molecule has 1 aliphatic heterocycles. The minimum absolute atomic E-state index is 0. The minimum atomic E-state index is -0.276. The molecule has 92 valence electrons. The van der Waals surface area contributed by atoms with Crippen LogP contribution >= 0.6 is 12.4 Å². The van der Waals surface area contributed by atoms with E-state index in [1.165, 1.54) is 0 Å². The van der Waals surface area contributed by atoms with E-state index in [1.54, 1.807) is 4.90 Å². The molecule has 0 aromatic heterocycles. The van der Waals surface area contributed by atoms with Crippen molar-refractivity contribution in [2.75, 3.05) is 13.1 Å². The fourth-order valence-corrected chi connectivity index (χ4v) is 1.98. The van der Waals surface area contributed by atoms with Crippen molar-refractivity contribution in [1.82, 2.24) is 10.2 Å². The van der Waals surface area contributed by atoms with Crippen LogP contribution in [0.1, 0.15) is 25.7 Å². The lowest BCUT2D eigenvalue weighted by Gasteiger charge is -2.23. The van der Waals surface area contributed by atoms with Gasteiger partial charge in [-0.3, -0.25) is 9.59 Å². The van der Waals surface area contributed by atoms with E-state index in [9.17, 15) is 9.59 Å². The van der Waals surface area contributed by atoms with Gasteiger partial charge in [0, 0.05) is 12.6 Å². The predicted molar refractivity (Wildman–Crippen MR) is 62.2 cm³/mol. The molecule has 1 saturated carbocycles. The summed E-state index contributed by atoms with van der Waals surface area (Å²) >= 11 is 0. The van der Waals surface area contributed by atoms with Crippen LogP contribution in [0.15, 0.2) is 0 Å². The van der Waals surface area contributed by atoms with Gasteiger partial charge in [0.05, 0.1) is 6.54 Å². The molecule has 6 heteroatoms. The highest BCUT2D eigenvalue weighted by Gasteiger charge is 2.35. The smallest absolute Gasteiger partial charge is 0.243 e. The topological polar surface area (TPSA) is 75.4 Å². The molecule has 0 bridgehead atoms. The zero-order chi connectivity index (χ0) is 10.8. The van der Waals surface area contributed by atoms with E-state index < -0.39 is 0 Å². The van der Waals surface area contributed by atoms with Crippen molar-refractivity contribution in [1.29, 1.82) is 0 Å². The average Bonchev–Trinajstić information content (AvgIpc) is 2.90. The third-order valence-corrected chi connectivity index (χ3v) is 2.97. The van der Waals surface area contributed by atoms with Gasteiger partial charge in [0.2, 0.25) is 11.8 Å². The Bertz CT molecular complexity index is 281. The summed E-state index contributed by atoms with van der Waals surface area (Å²) in [6.07, 6.45) is 3.81. The number of carbonyl (C=O) groups excluding carboxylic acids is 2. The highest BCUT2D eigenvalue weighted by molar-refractivity contribution is 5.89. The van der Waals surface area contributed by atoms with Gasteiger partial charge in [0.1, 0.15) is 6.04 Å².